The van der Waals surface area contributed by atoms with Crippen molar-refractivity contribution in [3.63, 3.8) is 0 Å². The number of hydrogen-bond acceptors (Lipinski definition) is 6. The summed E-state index contributed by atoms with van der Waals surface area (Å²) in [6.07, 6.45) is 0. The highest BCUT2D eigenvalue weighted by Crippen LogP contribution is 2.39. The molecule has 0 aliphatic rings. The number of aliphatic hydroxyl groups excluding tert-OH is 1. The Balaban J connectivity index is 0.00000392. The van der Waals surface area contributed by atoms with Crippen LogP contribution in [0.1, 0.15) is 46.8 Å². The van der Waals surface area contributed by atoms with Gasteiger partial charge in [-0.1, -0.05) is 14.9 Å². The minimum atomic E-state index is -0.114. The third-order valence-electron chi connectivity index (χ3n) is 3.81. The summed E-state index contributed by atoms with van der Waals surface area (Å²) in [6, 6.07) is 9.10. The van der Waals surface area contributed by atoms with Crippen LogP contribution in [-0.4, -0.2) is 32.0 Å². The van der Waals surface area contributed by atoms with Crippen LogP contribution in [-0.2, 0) is 13.2 Å². The van der Waals surface area contributed by atoms with Crippen LogP contribution in [0.2, 0.25) is 0 Å². The van der Waals surface area contributed by atoms with Gasteiger partial charge in [-0.25, -0.2) is 0 Å². The lowest BCUT2D eigenvalue weighted by Gasteiger charge is -2.18. The van der Waals surface area contributed by atoms with Gasteiger partial charge in [0.05, 0.1) is 33.5 Å². The lowest BCUT2D eigenvalue weighted by Crippen LogP contribution is -2.05. The minimum Gasteiger partial charge on any atom is -0.497 e. The van der Waals surface area contributed by atoms with Crippen molar-refractivity contribution in [2.75, 3.05) is 26.9 Å². The molecule has 6 heteroatoms. The zero-order valence-electron chi connectivity index (χ0n) is 16.4. The molecule has 0 radical (unpaired) electrons. The van der Waals surface area contributed by atoms with Crippen molar-refractivity contribution in [2.24, 2.45) is 0 Å². The van der Waals surface area contributed by atoms with E-state index in [9.17, 15) is 5.11 Å². The number of ether oxygens (including phenoxy) is 5. The fraction of sp³-hybridized carbons (Fsp3) is 0.478. The fourth-order valence-corrected chi connectivity index (χ4v) is 2.61. The van der Waals surface area contributed by atoms with Gasteiger partial charge in [0.15, 0.2) is 11.5 Å². The second-order valence-corrected chi connectivity index (χ2v) is 5.64. The summed E-state index contributed by atoms with van der Waals surface area (Å²) < 4.78 is 28.3. The summed E-state index contributed by atoms with van der Waals surface area (Å²) in [5.74, 6) is 3.08. The van der Waals surface area contributed by atoms with E-state index in [1.165, 1.54) is 0 Å². The topological polar surface area (TPSA) is 66.4 Å². The Morgan fingerprint density at radius 3 is 1.83 bits per heavy atom. The third kappa shape index (κ3) is 7.06. The number of hydrogen-bond donors (Lipinski definition) is 1. The Labute approximate surface area is 175 Å². The molecule has 0 fully saturated rings. The molecule has 0 aliphatic carbocycles. The molecular weight excluding hydrogens is 372 g/mol. The van der Waals surface area contributed by atoms with Gasteiger partial charge >= 0.3 is 0 Å². The van der Waals surface area contributed by atoms with Crippen molar-refractivity contribution in [2.45, 2.75) is 48.8 Å². The van der Waals surface area contributed by atoms with Crippen molar-refractivity contribution in [1.29, 1.82) is 0 Å². The van der Waals surface area contributed by atoms with Crippen LogP contribution in [0.5, 0.6) is 28.7 Å². The molecule has 0 aromatic heterocycles. The van der Waals surface area contributed by atoms with E-state index in [4.69, 9.17) is 23.7 Å². The van der Waals surface area contributed by atoms with Gasteiger partial charge in [0.2, 0.25) is 5.75 Å². The fourth-order valence-electron chi connectivity index (χ4n) is 2.61. The van der Waals surface area contributed by atoms with Crippen LogP contribution >= 0.6 is 0 Å². The smallest absolute Gasteiger partial charge is 0.203 e. The molecule has 0 spiro atoms. The molecular formula is C23H36O6. The van der Waals surface area contributed by atoms with Crippen LogP contribution in [0, 0.1) is 0 Å². The molecule has 0 aliphatic heterocycles. The number of aliphatic hydroxyl groups is 1. The molecule has 0 saturated heterocycles. The highest BCUT2D eigenvalue weighted by atomic mass is 16.5. The van der Waals surface area contributed by atoms with E-state index < -0.39 is 0 Å². The van der Waals surface area contributed by atoms with E-state index >= 15 is 0 Å². The van der Waals surface area contributed by atoms with Gasteiger partial charge < -0.3 is 28.8 Å². The van der Waals surface area contributed by atoms with Gasteiger partial charge in [-0.15, -0.1) is 0 Å². The third-order valence-corrected chi connectivity index (χ3v) is 3.81. The Bertz CT molecular complexity index is 702. The van der Waals surface area contributed by atoms with Crippen molar-refractivity contribution in [1.82, 2.24) is 0 Å². The lowest BCUT2D eigenvalue weighted by atomic mass is 10.1. The summed E-state index contributed by atoms with van der Waals surface area (Å²) >= 11 is 0. The number of rotatable bonds is 11. The molecule has 6 nitrogen and oxygen atoms in total. The molecule has 1 N–H and O–H groups in total. The molecule has 2 aromatic carbocycles. The predicted octanol–water partition coefficient (Wildman–Crippen LogP) is 5.23. The molecule has 0 unspecified atom stereocenters. The average Bonchev–Trinajstić information content (AvgIpc) is 2.69. The molecule has 164 valence electrons. The van der Waals surface area contributed by atoms with E-state index in [2.05, 4.69) is 0 Å². The van der Waals surface area contributed by atoms with Gasteiger partial charge in [-0.2, -0.15) is 0 Å². The van der Waals surface area contributed by atoms with Crippen molar-refractivity contribution >= 4 is 0 Å². The lowest BCUT2D eigenvalue weighted by molar-refractivity contribution is 0.251. The van der Waals surface area contributed by atoms with Gasteiger partial charge in [0, 0.05) is 11.6 Å². The standard InChI is InChI=1S/C21H28O6.2CH4/c1-5-24-19-10-15(11-20(25-6-2)21(19)26-7-3)14-27-18-12-17(23-4)9-8-16(18)13-22;;/h8-12,22H,5-7,13-14H2,1-4H3;2*1H4. The quantitative estimate of drug-likeness (QED) is 0.549. The normalized spacial score (nSPS) is 9.69. The molecule has 0 bridgehead atoms. The molecule has 2 rings (SSSR count). The predicted molar refractivity (Wildman–Crippen MR) is 117 cm³/mol. The van der Waals surface area contributed by atoms with E-state index in [0.29, 0.717) is 54.1 Å². The van der Waals surface area contributed by atoms with Gasteiger partial charge in [0.1, 0.15) is 18.1 Å². The first-order valence-corrected chi connectivity index (χ1v) is 9.12. The highest BCUT2D eigenvalue weighted by molar-refractivity contribution is 5.54. The SMILES string of the molecule is C.C.CCOc1cc(COc2cc(OC)ccc2CO)cc(OCC)c1OCC. The number of benzene rings is 2. The summed E-state index contributed by atoms with van der Waals surface area (Å²) in [5, 5.41) is 9.53. The molecule has 0 saturated carbocycles. The monoisotopic (exact) mass is 408 g/mol. The van der Waals surface area contributed by atoms with E-state index in [1.807, 2.05) is 32.9 Å². The largest absolute Gasteiger partial charge is 0.497 e. The molecule has 0 atom stereocenters. The van der Waals surface area contributed by atoms with Gasteiger partial charge in [-0.3, -0.25) is 0 Å². The first kappa shape index (κ1) is 26.4. The summed E-state index contributed by atoms with van der Waals surface area (Å²) in [7, 11) is 1.59. The van der Waals surface area contributed by atoms with Gasteiger partial charge in [0.25, 0.3) is 0 Å². The molecule has 0 heterocycles. The number of methoxy groups -OCH3 is 1. The van der Waals surface area contributed by atoms with Gasteiger partial charge in [-0.05, 0) is 50.6 Å². The van der Waals surface area contributed by atoms with Crippen LogP contribution in [0.15, 0.2) is 30.3 Å². The maximum atomic E-state index is 9.53. The Morgan fingerprint density at radius 1 is 0.759 bits per heavy atom. The maximum absolute atomic E-state index is 9.53. The van der Waals surface area contributed by atoms with Crippen LogP contribution < -0.4 is 23.7 Å². The first-order chi connectivity index (χ1) is 13.2. The molecule has 0 amide bonds. The zero-order chi connectivity index (χ0) is 19.6. The molecule has 29 heavy (non-hydrogen) atoms. The van der Waals surface area contributed by atoms with E-state index in [0.717, 1.165) is 5.56 Å². The van der Waals surface area contributed by atoms with Crippen LogP contribution in [0.3, 0.4) is 0 Å². The summed E-state index contributed by atoms with van der Waals surface area (Å²) in [5.41, 5.74) is 1.56. The Hall–Kier alpha value is -2.60. The van der Waals surface area contributed by atoms with E-state index in [-0.39, 0.29) is 28.1 Å². The van der Waals surface area contributed by atoms with E-state index in [1.54, 1.807) is 25.3 Å². The van der Waals surface area contributed by atoms with Crippen LogP contribution in [0.4, 0.5) is 0 Å². The van der Waals surface area contributed by atoms with Crippen molar-refractivity contribution < 1.29 is 28.8 Å². The summed E-state index contributed by atoms with van der Waals surface area (Å²) in [6.45, 7) is 7.47. The first-order valence-electron chi connectivity index (χ1n) is 9.12. The average molecular weight is 409 g/mol. The maximum Gasteiger partial charge on any atom is 0.203 e. The van der Waals surface area contributed by atoms with Crippen molar-refractivity contribution in [3.05, 3.63) is 41.5 Å². The van der Waals surface area contributed by atoms with Crippen molar-refractivity contribution in [3.8, 4) is 28.7 Å². The highest BCUT2D eigenvalue weighted by Gasteiger charge is 2.16. The van der Waals surface area contributed by atoms with Crippen LogP contribution in [0.25, 0.3) is 0 Å². The molecule has 2 aromatic rings. The Kier molecular flexibility index (Phi) is 12.3. The second-order valence-electron chi connectivity index (χ2n) is 5.64. The second kappa shape index (κ2) is 13.6. The summed E-state index contributed by atoms with van der Waals surface area (Å²) in [4.78, 5) is 0. The Morgan fingerprint density at radius 2 is 1.34 bits per heavy atom. The zero-order valence-corrected chi connectivity index (χ0v) is 16.4. The minimum absolute atomic E-state index is 0.